The van der Waals surface area contributed by atoms with Crippen LogP contribution in [-0.2, 0) is 6.42 Å². The fraction of sp³-hybridized carbons (Fsp3) is 0.0488. The number of rotatable bonds is 5. The third kappa shape index (κ3) is 5.47. The summed E-state index contributed by atoms with van der Waals surface area (Å²) in [6.45, 7) is 2.16. The van der Waals surface area contributed by atoms with Crippen molar-refractivity contribution in [2.45, 2.75) is 13.3 Å². The topological polar surface area (TPSA) is 38.0 Å². The maximum absolute atomic E-state index is 12.5. The number of fused-ring (bicyclic) bond motifs is 3. The molecule has 8 aromatic rings. The number of aryl methyl sites for hydroxylation is 1. The van der Waals surface area contributed by atoms with Crippen molar-refractivity contribution < 1.29 is 5.11 Å². The van der Waals surface area contributed by atoms with Crippen molar-refractivity contribution in [1.29, 1.82) is 0 Å². The molecule has 8 rings (SSSR count). The number of hydrogen-bond donors (Lipinski definition) is 1. The van der Waals surface area contributed by atoms with E-state index in [0.717, 1.165) is 56.2 Å². The Hall–Kier alpha value is -4.89. The molecule has 0 bridgehead atoms. The maximum atomic E-state index is 12.5. The first-order valence-corrected chi connectivity index (χ1v) is 20.1. The number of phenols is 1. The fourth-order valence-corrected chi connectivity index (χ4v) is 9.53. The van der Waals surface area contributed by atoms with Crippen LogP contribution in [0.5, 0.6) is 5.75 Å². The molecule has 0 aliphatic carbocycles. The van der Waals surface area contributed by atoms with E-state index in [2.05, 4.69) is 178 Å². The van der Waals surface area contributed by atoms with Crippen LogP contribution in [0.4, 0.5) is 0 Å². The highest BCUT2D eigenvalue weighted by molar-refractivity contribution is 6.72. The molecule has 0 radical (unpaired) electrons. The van der Waals surface area contributed by atoms with Crippen LogP contribution in [0.1, 0.15) is 12.7 Å². The number of aromatic nitrogens is 2. The van der Waals surface area contributed by atoms with Crippen molar-refractivity contribution in [3.63, 3.8) is 0 Å². The molecular formula is C41H42B12N2O. The highest BCUT2D eigenvalue weighted by atomic mass is 16.3. The molecule has 15 heteroatoms. The minimum Gasteiger partial charge on any atom is -0.508 e. The van der Waals surface area contributed by atoms with Crippen molar-refractivity contribution in [1.82, 2.24) is 9.55 Å². The minimum atomic E-state index is 0.389. The Morgan fingerprint density at radius 2 is 0.875 bits per heavy atom. The Morgan fingerprint density at radius 3 is 1.43 bits per heavy atom. The highest BCUT2D eigenvalue weighted by Gasteiger charge is 2.28. The Bertz CT molecular complexity index is 2870. The van der Waals surface area contributed by atoms with E-state index in [-0.39, 0.29) is 0 Å². The van der Waals surface area contributed by atoms with E-state index in [1.54, 1.807) is 0 Å². The van der Waals surface area contributed by atoms with Crippen molar-refractivity contribution >= 4 is 192 Å². The quantitative estimate of drug-likeness (QED) is 0.143. The van der Waals surface area contributed by atoms with Gasteiger partial charge >= 0.3 is 0 Å². The Morgan fingerprint density at radius 1 is 0.446 bits per heavy atom. The molecule has 0 saturated heterocycles. The van der Waals surface area contributed by atoms with Crippen LogP contribution in [0.15, 0.2) is 72.8 Å². The summed E-state index contributed by atoms with van der Waals surface area (Å²) in [5.74, 6) is 1.45. The number of para-hydroxylation sites is 2. The number of phenolic OH excluding ortho intramolecular Hbond substituents is 1. The van der Waals surface area contributed by atoms with E-state index in [4.69, 9.17) is 4.98 Å². The average Bonchev–Trinajstić information content (AvgIpc) is 3.60. The van der Waals surface area contributed by atoms with Gasteiger partial charge in [0.1, 0.15) is 106 Å². The van der Waals surface area contributed by atoms with Crippen LogP contribution >= 0.6 is 0 Å². The molecule has 1 aromatic heterocycles. The summed E-state index contributed by atoms with van der Waals surface area (Å²) in [5.41, 5.74) is 25.5. The van der Waals surface area contributed by atoms with Gasteiger partial charge in [0, 0.05) is 17.5 Å². The van der Waals surface area contributed by atoms with Gasteiger partial charge in [-0.15, -0.1) is 27.3 Å². The molecule has 1 N–H and O–H groups in total. The molecule has 0 amide bonds. The van der Waals surface area contributed by atoms with E-state index in [0.29, 0.717) is 5.75 Å². The first kappa shape index (κ1) is 38.0. The molecule has 1 heterocycles. The second-order valence-corrected chi connectivity index (χ2v) is 16.3. The van der Waals surface area contributed by atoms with Gasteiger partial charge in [-0.05, 0) is 73.8 Å². The van der Waals surface area contributed by atoms with Gasteiger partial charge in [-0.25, -0.2) is 4.98 Å². The molecular weight excluding hydrogens is 666 g/mol. The monoisotopic (exact) mass is 710 g/mol. The van der Waals surface area contributed by atoms with Gasteiger partial charge in [-0.1, -0.05) is 93.7 Å². The second-order valence-electron chi connectivity index (χ2n) is 16.3. The van der Waals surface area contributed by atoms with Gasteiger partial charge in [-0.3, -0.25) is 4.57 Å². The van der Waals surface area contributed by atoms with E-state index < -0.39 is 0 Å². The zero-order chi connectivity index (χ0) is 40.1. The van der Waals surface area contributed by atoms with Crippen LogP contribution in [0.3, 0.4) is 0 Å². The molecule has 56 heavy (non-hydrogen) atoms. The summed E-state index contributed by atoms with van der Waals surface area (Å²) >= 11 is 0. The fourth-order valence-electron chi connectivity index (χ4n) is 9.53. The smallest absolute Gasteiger partial charge is 0.143 e. The number of imidazole rings is 1. The van der Waals surface area contributed by atoms with Crippen molar-refractivity contribution in [2.24, 2.45) is 0 Å². The average molecular weight is 709 g/mol. The number of aromatic hydroxyl groups is 1. The van der Waals surface area contributed by atoms with Crippen LogP contribution in [0.2, 0.25) is 0 Å². The molecule has 258 valence electrons. The summed E-state index contributed by atoms with van der Waals surface area (Å²) in [6, 6.07) is 26.4. The van der Waals surface area contributed by atoms with Crippen LogP contribution in [0, 0.1) is 0 Å². The normalized spacial score (nSPS) is 11.6. The van der Waals surface area contributed by atoms with Gasteiger partial charge in [0.05, 0.1) is 11.0 Å². The second kappa shape index (κ2) is 13.9. The van der Waals surface area contributed by atoms with E-state index in [1.165, 1.54) is 93.2 Å². The van der Waals surface area contributed by atoms with Crippen molar-refractivity contribution in [2.75, 3.05) is 0 Å². The molecule has 3 nitrogen and oxygen atoms in total. The lowest BCUT2D eigenvalue weighted by Crippen LogP contribution is -2.55. The van der Waals surface area contributed by atoms with Gasteiger partial charge in [-0.2, -0.15) is 0 Å². The first-order valence-electron chi connectivity index (χ1n) is 20.1. The molecule has 0 spiro atoms. The molecule has 0 unspecified atom stereocenters. The molecule has 7 aromatic carbocycles. The summed E-state index contributed by atoms with van der Waals surface area (Å²) < 4.78 is 2.28. The van der Waals surface area contributed by atoms with Gasteiger partial charge in [0.25, 0.3) is 0 Å². The predicted molar refractivity (Wildman–Crippen MR) is 282 cm³/mol. The van der Waals surface area contributed by atoms with E-state index >= 15 is 0 Å². The summed E-state index contributed by atoms with van der Waals surface area (Å²) in [4.78, 5) is 4.90. The molecule has 0 aliphatic heterocycles. The van der Waals surface area contributed by atoms with Gasteiger partial charge in [0.2, 0.25) is 0 Å². The summed E-state index contributed by atoms with van der Waals surface area (Å²) in [6.07, 6.45) is 0.861. The van der Waals surface area contributed by atoms with Crippen molar-refractivity contribution in [3.8, 4) is 44.8 Å². The van der Waals surface area contributed by atoms with Crippen LogP contribution in [0.25, 0.3) is 71.6 Å². The van der Waals surface area contributed by atoms with Crippen LogP contribution < -0.4 is 65.6 Å². The standard InChI is InChI=1S/C41H42B12N2O/c1-2-21-54-19-5-3-4-6-20(19)55(21)18-13-11-16(12-14-18)15-7-9-17(10-8-15)22-24-26(31(44)35(48)34(47)29(24)42)23(27-25(22)30(43)38(51)40(53)41(27)56)28-32(45)36(49)39(52)37(50)33(28)46/h3-14,56H,2,42-53H2,1H3. The Labute approximate surface area is 342 Å². The lowest BCUT2D eigenvalue weighted by Gasteiger charge is -2.29. The zero-order valence-corrected chi connectivity index (χ0v) is 35.5. The van der Waals surface area contributed by atoms with Crippen molar-refractivity contribution in [3.05, 3.63) is 78.6 Å². The van der Waals surface area contributed by atoms with Gasteiger partial charge < -0.3 is 5.11 Å². The number of hydrogen-bond acceptors (Lipinski definition) is 2. The number of benzene rings is 7. The third-order valence-electron chi connectivity index (χ3n) is 13.9. The SMILES string of the molecule is Bc1c(B)c(B)c(-c2c3c(B)c(B)c(B)c(B)c3c(-c3ccc(-c4ccc(-n5c(CC)nc6ccccc65)cc4)cc3)c3c(B)c(B)c(B)c(O)c23)c(B)c1B. The summed E-state index contributed by atoms with van der Waals surface area (Å²) in [7, 11) is 26.9. The largest absolute Gasteiger partial charge is 0.508 e. The minimum absolute atomic E-state index is 0.389. The molecule has 0 aliphatic rings. The maximum Gasteiger partial charge on any atom is 0.143 e. The zero-order valence-electron chi connectivity index (χ0n) is 35.5. The third-order valence-corrected chi connectivity index (χ3v) is 13.9. The Balaban J connectivity index is 1.41. The van der Waals surface area contributed by atoms with Crippen LogP contribution in [-0.4, -0.2) is 109 Å². The highest BCUT2D eigenvalue weighted by Crippen LogP contribution is 2.43. The Kier molecular flexibility index (Phi) is 9.46. The van der Waals surface area contributed by atoms with E-state index in [9.17, 15) is 5.11 Å². The first-order chi connectivity index (χ1) is 26.7. The summed E-state index contributed by atoms with van der Waals surface area (Å²) in [5, 5.41) is 17.1. The van der Waals surface area contributed by atoms with Gasteiger partial charge in [0.15, 0.2) is 0 Å². The molecule has 0 fully saturated rings. The lowest BCUT2D eigenvalue weighted by molar-refractivity contribution is 0.486. The lowest BCUT2D eigenvalue weighted by atomic mass is 9.57. The van der Waals surface area contributed by atoms with E-state index in [1.807, 2.05) is 0 Å². The number of nitrogens with zero attached hydrogens (tertiary/aromatic N) is 2. The molecule has 0 atom stereocenters. The predicted octanol–water partition coefficient (Wildman–Crippen LogP) is -10.3. The molecule has 0 saturated carbocycles.